The third-order valence-corrected chi connectivity index (χ3v) is 3.20. The maximum Gasteiger partial charge on any atom is 0.240 e. The Hall–Kier alpha value is -0.610. The molecule has 1 amide bonds. The molecule has 0 saturated heterocycles. The molecule has 1 fully saturated rings. The molecule has 1 rings (SSSR count). The van der Waals surface area contributed by atoms with Crippen molar-refractivity contribution in [2.24, 2.45) is 5.73 Å². The summed E-state index contributed by atoms with van der Waals surface area (Å²) in [5.74, 6) is -0.162. The van der Waals surface area contributed by atoms with E-state index in [4.69, 9.17) is 5.73 Å². The molecule has 0 heterocycles. The maximum atomic E-state index is 11.6. The summed E-state index contributed by atoms with van der Waals surface area (Å²) >= 11 is 0. The first-order valence-corrected chi connectivity index (χ1v) is 4.92. The highest BCUT2D eigenvalue weighted by atomic mass is 16.3. The number of carbonyl (C=O) groups excluding carboxylic acids is 1. The Morgan fingerprint density at radius 3 is 2.07 bits per heavy atom. The highest BCUT2D eigenvalue weighted by Gasteiger charge is 2.49. The Kier molecular flexibility index (Phi) is 2.41. The molecular formula is C10H20N2O2. The molecule has 0 unspecified atom stereocenters. The van der Waals surface area contributed by atoms with Gasteiger partial charge >= 0.3 is 0 Å². The van der Waals surface area contributed by atoms with Crippen molar-refractivity contribution in [1.82, 2.24) is 5.32 Å². The molecule has 1 aliphatic carbocycles. The average Bonchev–Trinajstić information content (AvgIpc) is 2.65. The third kappa shape index (κ3) is 2.07. The minimum Gasteiger partial charge on any atom is -0.388 e. The average molecular weight is 200 g/mol. The second-order valence-electron chi connectivity index (χ2n) is 5.29. The number of rotatable bonds is 3. The van der Waals surface area contributed by atoms with Crippen LogP contribution in [0.4, 0.5) is 0 Å². The van der Waals surface area contributed by atoms with E-state index in [1.165, 1.54) is 0 Å². The quantitative estimate of drug-likeness (QED) is 0.606. The molecule has 4 N–H and O–H groups in total. The zero-order chi connectivity index (χ0) is 11.2. The van der Waals surface area contributed by atoms with Crippen LogP contribution in [0.5, 0.6) is 0 Å². The molecule has 0 aromatic carbocycles. The van der Waals surface area contributed by atoms with Gasteiger partial charge < -0.3 is 16.2 Å². The van der Waals surface area contributed by atoms with Gasteiger partial charge in [0.05, 0.1) is 16.7 Å². The van der Waals surface area contributed by atoms with E-state index >= 15 is 0 Å². The number of hydrogen-bond acceptors (Lipinski definition) is 3. The van der Waals surface area contributed by atoms with Crippen molar-refractivity contribution in [1.29, 1.82) is 0 Å². The van der Waals surface area contributed by atoms with Gasteiger partial charge in [0.1, 0.15) is 0 Å². The van der Waals surface area contributed by atoms with E-state index in [0.29, 0.717) is 0 Å². The van der Waals surface area contributed by atoms with Gasteiger partial charge in [0.15, 0.2) is 0 Å². The lowest BCUT2D eigenvalue weighted by molar-refractivity contribution is -0.128. The van der Waals surface area contributed by atoms with Crippen molar-refractivity contribution in [2.75, 3.05) is 0 Å². The molecule has 0 radical (unpaired) electrons. The summed E-state index contributed by atoms with van der Waals surface area (Å²) in [4.78, 5) is 11.6. The fraction of sp³-hybridized carbons (Fsp3) is 0.900. The van der Waals surface area contributed by atoms with Crippen molar-refractivity contribution in [3.8, 4) is 0 Å². The molecule has 1 saturated carbocycles. The topological polar surface area (TPSA) is 75.3 Å². The van der Waals surface area contributed by atoms with Crippen LogP contribution in [0.2, 0.25) is 0 Å². The number of hydrogen-bond donors (Lipinski definition) is 3. The predicted octanol–water partition coefficient (Wildman–Crippen LogP) is 0.143. The summed E-state index contributed by atoms with van der Waals surface area (Å²) in [6.07, 6.45) is 1.47. The first-order chi connectivity index (χ1) is 6.08. The van der Waals surface area contributed by atoms with Crippen molar-refractivity contribution < 1.29 is 9.90 Å². The molecule has 0 aliphatic heterocycles. The standard InChI is InChI=1S/C10H20N2O2/c1-8(2,9(3,4)14)12-7(13)10(11)5-6-10/h14H,5-6,11H2,1-4H3,(H,12,13). The van der Waals surface area contributed by atoms with Crippen molar-refractivity contribution in [3.63, 3.8) is 0 Å². The van der Waals surface area contributed by atoms with Crippen LogP contribution in [0.3, 0.4) is 0 Å². The van der Waals surface area contributed by atoms with Crippen LogP contribution in [0.15, 0.2) is 0 Å². The SMILES string of the molecule is CC(C)(O)C(C)(C)NC(=O)C1(N)CC1. The molecule has 0 atom stereocenters. The molecule has 1 aliphatic rings. The lowest BCUT2D eigenvalue weighted by Crippen LogP contribution is -2.61. The van der Waals surface area contributed by atoms with Gasteiger partial charge in [-0.25, -0.2) is 0 Å². The van der Waals surface area contributed by atoms with E-state index in [-0.39, 0.29) is 5.91 Å². The lowest BCUT2D eigenvalue weighted by Gasteiger charge is -2.38. The van der Waals surface area contributed by atoms with E-state index < -0.39 is 16.7 Å². The lowest BCUT2D eigenvalue weighted by atomic mass is 9.85. The number of nitrogens with two attached hydrogens (primary N) is 1. The van der Waals surface area contributed by atoms with Gasteiger partial charge in [0.25, 0.3) is 0 Å². The summed E-state index contributed by atoms with van der Waals surface area (Å²) in [7, 11) is 0. The number of carbonyl (C=O) groups is 1. The summed E-state index contributed by atoms with van der Waals surface area (Å²) in [5, 5.41) is 12.6. The minimum atomic E-state index is -0.964. The highest BCUT2D eigenvalue weighted by Crippen LogP contribution is 2.33. The Morgan fingerprint density at radius 2 is 1.79 bits per heavy atom. The highest BCUT2D eigenvalue weighted by molar-refractivity contribution is 5.89. The Morgan fingerprint density at radius 1 is 1.36 bits per heavy atom. The van der Waals surface area contributed by atoms with Crippen LogP contribution in [-0.2, 0) is 4.79 Å². The summed E-state index contributed by atoms with van der Waals surface area (Å²) < 4.78 is 0. The first-order valence-electron chi connectivity index (χ1n) is 4.92. The van der Waals surface area contributed by atoms with Gasteiger partial charge in [-0.2, -0.15) is 0 Å². The Labute approximate surface area is 84.9 Å². The third-order valence-electron chi connectivity index (χ3n) is 3.20. The summed E-state index contributed by atoms with van der Waals surface area (Å²) in [6, 6.07) is 0. The summed E-state index contributed by atoms with van der Waals surface area (Å²) in [6.45, 7) is 6.92. The fourth-order valence-electron chi connectivity index (χ4n) is 0.923. The van der Waals surface area contributed by atoms with Gasteiger partial charge in [0, 0.05) is 0 Å². The molecule has 4 nitrogen and oxygen atoms in total. The predicted molar refractivity (Wildman–Crippen MR) is 54.7 cm³/mol. The van der Waals surface area contributed by atoms with E-state index in [0.717, 1.165) is 12.8 Å². The molecule has 82 valence electrons. The maximum absolute atomic E-state index is 11.6. The van der Waals surface area contributed by atoms with Crippen molar-refractivity contribution >= 4 is 5.91 Å². The summed E-state index contributed by atoms with van der Waals surface area (Å²) in [5.41, 5.74) is 3.44. The van der Waals surface area contributed by atoms with Gasteiger partial charge in [-0.1, -0.05) is 0 Å². The zero-order valence-electron chi connectivity index (χ0n) is 9.35. The first kappa shape index (κ1) is 11.5. The number of aliphatic hydroxyl groups is 1. The van der Waals surface area contributed by atoms with Crippen LogP contribution >= 0.6 is 0 Å². The second-order valence-corrected chi connectivity index (χ2v) is 5.29. The van der Waals surface area contributed by atoms with Gasteiger partial charge in [0.2, 0.25) is 5.91 Å². The van der Waals surface area contributed by atoms with Crippen molar-refractivity contribution in [3.05, 3.63) is 0 Å². The van der Waals surface area contributed by atoms with E-state index in [9.17, 15) is 9.90 Å². The molecule has 0 aromatic rings. The normalized spacial score (nSPS) is 20.4. The van der Waals surface area contributed by atoms with Gasteiger partial charge in [-0.15, -0.1) is 0 Å². The van der Waals surface area contributed by atoms with Crippen LogP contribution in [0, 0.1) is 0 Å². The number of amides is 1. The van der Waals surface area contributed by atoms with Crippen LogP contribution in [0.1, 0.15) is 40.5 Å². The van der Waals surface area contributed by atoms with Crippen LogP contribution in [-0.4, -0.2) is 27.7 Å². The molecule has 0 aromatic heterocycles. The smallest absolute Gasteiger partial charge is 0.240 e. The van der Waals surface area contributed by atoms with E-state index in [2.05, 4.69) is 5.32 Å². The largest absolute Gasteiger partial charge is 0.388 e. The molecule has 4 heteroatoms. The van der Waals surface area contributed by atoms with Crippen LogP contribution in [0.25, 0.3) is 0 Å². The molecule has 14 heavy (non-hydrogen) atoms. The number of nitrogens with one attached hydrogen (secondary N) is 1. The second kappa shape index (κ2) is 2.94. The zero-order valence-corrected chi connectivity index (χ0v) is 9.35. The van der Waals surface area contributed by atoms with Crippen LogP contribution < -0.4 is 11.1 Å². The minimum absolute atomic E-state index is 0.162. The van der Waals surface area contributed by atoms with E-state index in [1.54, 1.807) is 27.7 Å². The van der Waals surface area contributed by atoms with E-state index in [1.807, 2.05) is 0 Å². The molecule has 0 spiro atoms. The fourth-order valence-corrected chi connectivity index (χ4v) is 0.923. The Balaban J connectivity index is 2.64. The Bertz CT molecular complexity index is 249. The monoisotopic (exact) mass is 200 g/mol. The van der Waals surface area contributed by atoms with Gasteiger partial charge in [-0.3, -0.25) is 4.79 Å². The van der Waals surface area contributed by atoms with Gasteiger partial charge in [-0.05, 0) is 40.5 Å². The van der Waals surface area contributed by atoms with Crippen molar-refractivity contribution in [2.45, 2.75) is 57.2 Å². The molecule has 0 bridgehead atoms. The molecular weight excluding hydrogens is 180 g/mol.